The summed E-state index contributed by atoms with van der Waals surface area (Å²) in [6.07, 6.45) is 1.33. The molecule has 0 radical (unpaired) electrons. The van der Waals surface area contributed by atoms with Gasteiger partial charge in [0.1, 0.15) is 0 Å². The molecule has 1 aromatic heterocycles. The number of aromatic amines is 1. The van der Waals surface area contributed by atoms with E-state index >= 15 is 0 Å². The molecule has 4 heteroatoms. The fourth-order valence-electron chi connectivity index (χ4n) is 2.10. The monoisotopic (exact) mass is 259 g/mol. The molecule has 2 aromatic rings. The predicted octanol–water partition coefficient (Wildman–Crippen LogP) is 2.41. The lowest BCUT2D eigenvalue weighted by molar-refractivity contribution is 0.170. The molecule has 19 heavy (non-hydrogen) atoms. The minimum Gasteiger partial charge on any atom is -0.387 e. The van der Waals surface area contributed by atoms with Gasteiger partial charge in [-0.15, -0.1) is 0 Å². The van der Waals surface area contributed by atoms with Gasteiger partial charge in [0.15, 0.2) is 0 Å². The van der Waals surface area contributed by atoms with Crippen LogP contribution < -0.4 is 5.32 Å². The van der Waals surface area contributed by atoms with E-state index in [-0.39, 0.29) is 6.04 Å². The number of H-pyrrole nitrogens is 1. The Morgan fingerprint density at radius 2 is 1.95 bits per heavy atom. The van der Waals surface area contributed by atoms with Gasteiger partial charge in [0.25, 0.3) is 0 Å². The summed E-state index contributed by atoms with van der Waals surface area (Å²) < 4.78 is 0. The van der Waals surface area contributed by atoms with Crippen LogP contribution in [0.2, 0.25) is 0 Å². The van der Waals surface area contributed by atoms with Gasteiger partial charge in [-0.1, -0.05) is 29.8 Å². The molecule has 0 saturated heterocycles. The normalized spacial score (nSPS) is 14.3. The first-order valence-electron chi connectivity index (χ1n) is 6.56. The van der Waals surface area contributed by atoms with E-state index < -0.39 is 6.10 Å². The molecule has 4 nitrogen and oxygen atoms in total. The number of benzene rings is 1. The third-order valence-corrected chi connectivity index (χ3v) is 3.41. The van der Waals surface area contributed by atoms with Gasteiger partial charge >= 0.3 is 0 Å². The molecule has 0 spiro atoms. The zero-order valence-electron chi connectivity index (χ0n) is 11.6. The van der Waals surface area contributed by atoms with Gasteiger partial charge in [-0.05, 0) is 26.3 Å². The van der Waals surface area contributed by atoms with E-state index in [9.17, 15) is 5.11 Å². The molecule has 3 N–H and O–H groups in total. The SMILES string of the molecule is Cc1ccc(C(O)CNC(C)c2cn[nH]c2C)cc1. The average molecular weight is 259 g/mol. The lowest BCUT2D eigenvalue weighted by atomic mass is 10.1. The Balaban J connectivity index is 1.91. The van der Waals surface area contributed by atoms with Gasteiger partial charge in [0.2, 0.25) is 0 Å². The second-order valence-electron chi connectivity index (χ2n) is 5.01. The van der Waals surface area contributed by atoms with Crippen molar-refractivity contribution in [3.8, 4) is 0 Å². The quantitative estimate of drug-likeness (QED) is 0.772. The summed E-state index contributed by atoms with van der Waals surface area (Å²) in [5.74, 6) is 0. The first kappa shape index (κ1) is 13.8. The first-order valence-corrected chi connectivity index (χ1v) is 6.56. The molecule has 2 rings (SSSR count). The zero-order chi connectivity index (χ0) is 13.8. The molecule has 2 atom stereocenters. The van der Waals surface area contributed by atoms with Gasteiger partial charge in [-0.3, -0.25) is 5.10 Å². The molecule has 0 aliphatic rings. The number of nitrogens with zero attached hydrogens (tertiary/aromatic N) is 1. The van der Waals surface area contributed by atoms with Gasteiger partial charge in [0, 0.05) is 23.8 Å². The minimum absolute atomic E-state index is 0.166. The molecule has 0 bridgehead atoms. The van der Waals surface area contributed by atoms with E-state index in [4.69, 9.17) is 0 Å². The van der Waals surface area contributed by atoms with Crippen molar-refractivity contribution in [2.24, 2.45) is 0 Å². The number of aliphatic hydroxyl groups is 1. The Bertz CT molecular complexity index is 518. The Kier molecular flexibility index (Phi) is 4.35. The fourth-order valence-corrected chi connectivity index (χ4v) is 2.10. The topological polar surface area (TPSA) is 60.9 Å². The fraction of sp³-hybridized carbons (Fsp3) is 0.400. The number of hydrogen-bond acceptors (Lipinski definition) is 3. The minimum atomic E-state index is -0.491. The molecule has 102 valence electrons. The van der Waals surface area contributed by atoms with Crippen LogP contribution in [0.3, 0.4) is 0 Å². The van der Waals surface area contributed by atoms with Crippen LogP contribution in [0.15, 0.2) is 30.5 Å². The number of aryl methyl sites for hydroxylation is 2. The van der Waals surface area contributed by atoms with E-state index in [0.717, 1.165) is 16.8 Å². The van der Waals surface area contributed by atoms with Crippen LogP contribution in [-0.4, -0.2) is 21.8 Å². The summed E-state index contributed by atoms with van der Waals surface area (Å²) in [7, 11) is 0. The van der Waals surface area contributed by atoms with E-state index in [0.29, 0.717) is 6.54 Å². The van der Waals surface area contributed by atoms with Crippen LogP contribution in [0.1, 0.15) is 41.5 Å². The first-order chi connectivity index (χ1) is 9.08. The molecule has 0 saturated carbocycles. The molecular weight excluding hydrogens is 238 g/mol. The molecule has 2 unspecified atom stereocenters. The standard InChI is InChI=1S/C15H21N3O/c1-10-4-6-13(7-5-10)15(19)9-16-11(2)14-8-17-18-12(14)3/h4-8,11,15-16,19H,9H2,1-3H3,(H,17,18). The van der Waals surface area contributed by atoms with Crippen molar-refractivity contribution < 1.29 is 5.11 Å². The maximum Gasteiger partial charge on any atom is 0.0914 e. The highest BCUT2D eigenvalue weighted by molar-refractivity contribution is 5.23. The van der Waals surface area contributed by atoms with Gasteiger partial charge < -0.3 is 10.4 Å². The van der Waals surface area contributed by atoms with Crippen LogP contribution in [0.5, 0.6) is 0 Å². The number of rotatable bonds is 5. The molecule has 1 aromatic carbocycles. The average Bonchev–Trinajstić information content (AvgIpc) is 2.83. The largest absolute Gasteiger partial charge is 0.387 e. The highest BCUT2D eigenvalue weighted by Gasteiger charge is 2.12. The van der Waals surface area contributed by atoms with E-state index in [1.54, 1.807) is 0 Å². The second kappa shape index (κ2) is 5.99. The highest BCUT2D eigenvalue weighted by Crippen LogP contribution is 2.17. The predicted molar refractivity (Wildman–Crippen MR) is 75.9 cm³/mol. The molecule has 0 fully saturated rings. The maximum atomic E-state index is 10.1. The van der Waals surface area contributed by atoms with Crippen LogP contribution in [0.25, 0.3) is 0 Å². The van der Waals surface area contributed by atoms with Crippen LogP contribution in [-0.2, 0) is 0 Å². The van der Waals surface area contributed by atoms with Crippen LogP contribution >= 0.6 is 0 Å². The third-order valence-electron chi connectivity index (χ3n) is 3.41. The molecule has 1 heterocycles. The molecule has 0 aliphatic heterocycles. The zero-order valence-corrected chi connectivity index (χ0v) is 11.6. The summed E-state index contributed by atoms with van der Waals surface area (Å²) in [5.41, 5.74) is 4.33. The van der Waals surface area contributed by atoms with Crippen molar-refractivity contribution in [1.29, 1.82) is 0 Å². The Morgan fingerprint density at radius 3 is 2.53 bits per heavy atom. The van der Waals surface area contributed by atoms with E-state index in [1.807, 2.05) is 44.3 Å². The van der Waals surface area contributed by atoms with Crippen molar-refractivity contribution in [2.45, 2.75) is 32.9 Å². The van der Waals surface area contributed by atoms with Crippen molar-refractivity contribution in [1.82, 2.24) is 15.5 Å². The summed E-state index contributed by atoms with van der Waals surface area (Å²) in [4.78, 5) is 0. The smallest absolute Gasteiger partial charge is 0.0914 e. The van der Waals surface area contributed by atoms with Crippen molar-refractivity contribution in [3.63, 3.8) is 0 Å². The van der Waals surface area contributed by atoms with E-state index in [1.165, 1.54) is 5.56 Å². The van der Waals surface area contributed by atoms with Gasteiger partial charge in [-0.2, -0.15) is 5.10 Å². The summed E-state index contributed by atoms with van der Waals surface area (Å²) >= 11 is 0. The Hall–Kier alpha value is -1.65. The van der Waals surface area contributed by atoms with Crippen molar-refractivity contribution in [3.05, 3.63) is 52.8 Å². The van der Waals surface area contributed by atoms with E-state index in [2.05, 4.69) is 22.4 Å². The number of aromatic nitrogens is 2. The second-order valence-corrected chi connectivity index (χ2v) is 5.01. The van der Waals surface area contributed by atoms with Crippen LogP contribution in [0, 0.1) is 13.8 Å². The highest BCUT2D eigenvalue weighted by atomic mass is 16.3. The van der Waals surface area contributed by atoms with Crippen molar-refractivity contribution in [2.75, 3.05) is 6.54 Å². The third kappa shape index (κ3) is 3.43. The lowest BCUT2D eigenvalue weighted by Gasteiger charge is -2.17. The molecule has 0 amide bonds. The number of hydrogen-bond donors (Lipinski definition) is 3. The lowest BCUT2D eigenvalue weighted by Crippen LogP contribution is -2.24. The Morgan fingerprint density at radius 1 is 1.26 bits per heavy atom. The molecular formula is C15H21N3O. The maximum absolute atomic E-state index is 10.1. The number of nitrogens with one attached hydrogen (secondary N) is 2. The van der Waals surface area contributed by atoms with Gasteiger partial charge in [-0.25, -0.2) is 0 Å². The summed E-state index contributed by atoms with van der Waals surface area (Å²) in [5, 5.41) is 20.4. The summed E-state index contributed by atoms with van der Waals surface area (Å²) in [6, 6.07) is 8.13. The van der Waals surface area contributed by atoms with Gasteiger partial charge in [0.05, 0.1) is 12.3 Å². The number of aliphatic hydroxyl groups excluding tert-OH is 1. The van der Waals surface area contributed by atoms with Crippen LogP contribution in [0.4, 0.5) is 0 Å². The summed E-state index contributed by atoms with van der Waals surface area (Å²) in [6.45, 7) is 6.63. The Labute approximate surface area is 113 Å². The van der Waals surface area contributed by atoms with Crippen molar-refractivity contribution >= 4 is 0 Å². The molecule has 0 aliphatic carbocycles.